The number of methoxy groups -OCH3 is 1. The van der Waals surface area contributed by atoms with Gasteiger partial charge in [0.2, 0.25) is 0 Å². The normalized spacial score (nSPS) is 9.53. The van der Waals surface area contributed by atoms with Crippen LogP contribution in [-0.2, 0) is 4.74 Å². The Kier molecular flexibility index (Phi) is 4.00. The zero-order valence-electron chi connectivity index (χ0n) is 8.01. The molecule has 3 nitrogen and oxygen atoms in total. The highest BCUT2D eigenvalue weighted by Crippen LogP contribution is 2.29. The van der Waals surface area contributed by atoms with Gasteiger partial charge in [0.25, 0.3) is 0 Å². The highest BCUT2D eigenvalue weighted by Gasteiger charge is 2.08. The molecule has 0 radical (unpaired) electrons. The lowest BCUT2D eigenvalue weighted by molar-refractivity contribution is 0.187. The number of hydrogen-bond donors (Lipinski definition) is 1. The van der Waals surface area contributed by atoms with Crippen LogP contribution < -0.4 is 5.32 Å². The first kappa shape index (κ1) is 11.9. The van der Waals surface area contributed by atoms with Crippen molar-refractivity contribution in [3.8, 4) is 0 Å². The van der Waals surface area contributed by atoms with Gasteiger partial charge < -0.3 is 4.74 Å². The van der Waals surface area contributed by atoms with Crippen molar-refractivity contribution in [2.75, 3.05) is 12.4 Å². The average Bonchev–Trinajstić information content (AvgIpc) is 2.22. The third-order valence-corrected chi connectivity index (χ3v) is 2.46. The number of anilines is 1. The molecule has 80 valence electrons. The van der Waals surface area contributed by atoms with E-state index in [0.29, 0.717) is 21.3 Å². The number of hydrogen-bond acceptors (Lipinski definition) is 2. The Balaban J connectivity index is 3.10. The van der Waals surface area contributed by atoms with Gasteiger partial charge in [-0.15, -0.1) is 0 Å². The van der Waals surface area contributed by atoms with Crippen molar-refractivity contribution >= 4 is 41.1 Å². The van der Waals surface area contributed by atoms with Gasteiger partial charge in [0, 0.05) is 0 Å². The largest absolute Gasteiger partial charge is 0.453 e. The fourth-order valence-electron chi connectivity index (χ4n) is 1.00. The van der Waals surface area contributed by atoms with Crippen LogP contribution in [0.4, 0.5) is 10.5 Å². The molecule has 1 aromatic carbocycles. The summed E-state index contributed by atoms with van der Waals surface area (Å²) in [5, 5.41) is 3.26. The Labute approximate surface area is 97.6 Å². The van der Waals surface area contributed by atoms with Gasteiger partial charge >= 0.3 is 6.09 Å². The van der Waals surface area contributed by atoms with Gasteiger partial charge in [-0.05, 0) is 17.7 Å². The van der Waals surface area contributed by atoms with E-state index in [9.17, 15) is 4.79 Å². The van der Waals surface area contributed by atoms with Gasteiger partial charge in [0.1, 0.15) is 0 Å². The van der Waals surface area contributed by atoms with Crippen LogP contribution in [0.1, 0.15) is 5.56 Å². The summed E-state index contributed by atoms with van der Waals surface area (Å²) >= 11 is 11.6. The molecular formula is C10H9Cl2NO2. The number of carbonyl (C=O) groups is 1. The fraction of sp³-hybridized carbons (Fsp3) is 0.100. The highest BCUT2D eigenvalue weighted by molar-refractivity contribution is 6.42. The van der Waals surface area contributed by atoms with Crippen LogP contribution in [-0.4, -0.2) is 13.2 Å². The Morgan fingerprint density at radius 2 is 2.07 bits per heavy atom. The number of halogens is 2. The molecule has 5 heteroatoms. The first-order chi connectivity index (χ1) is 7.08. The zero-order valence-corrected chi connectivity index (χ0v) is 9.52. The number of rotatable bonds is 2. The average molecular weight is 246 g/mol. The maximum Gasteiger partial charge on any atom is 0.411 e. The van der Waals surface area contributed by atoms with Crippen molar-refractivity contribution in [1.29, 1.82) is 0 Å². The minimum Gasteiger partial charge on any atom is -0.453 e. The summed E-state index contributed by atoms with van der Waals surface area (Å²) in [6.07, 6.45) is 0.990. The molecule has 1 N–H and O–H groups in total. The SMILES string of the molecule is C=Cc1cc(Cl)c(Cl)cc1NC(=O)OC. The standard InChI is InChI=1S/C10H9Cl2NO2/c1-3-6-4-7(11)8(12)5-9(6)13-10(14)15-2/h3-5H,1H2,2H3,(H,13,14). The Morgan fingerprint density at radius 3 is 2.60 bits per heavy atom. The minimum atomic E-state index is -0.573. The first-order valence-electron chi connectivity index (χ1n) is 4.05. The van der Waals surface area contributed by atoms with Crippen molar-refractivity contribution in [2.45, 2.75) is 0 Å². The number of benzene rings is 1. The zero-order chi connectivity index (χ0) is 11.4. The lowest BCUT2D eigenvalue weighted by atomic mass is 10.2. The quantitative estimate of drug-likeness (QED) is 0.861. The van der Waals surface area contributed by atoms with E-state index in [1.165, 1.54) is 13.2 Å². The van der Waals surface area contributed by atoms with Crippen molar-refractivity contribution in [3.63, 3.8) is 0 Å². The van der Waals surface area contributed by atoms with Crippen LogP contribution in [0.5, 0.6) is 0 Å². The van der Waals surface area contributed by atoms with E-state index in [1.54, 1.807) is 12.1 Å². The lowest BCUT2D eigenvalue weighted by Crippen LogP contribution is -2.11. The summed E-state index contributed by atoms with van der Waals surface area (Å²) in [4.78, 5) is 11.0. The first-order valence-corrected chi connectivity index (χ1v) is 4.80. The highest BCUT2D eigenvalue weighted by atomic mass is 35.5. The van der Waals surface area contributed by atoms with Gasteiger partial charge in [-0.1, -0.05) is 35.9 Å². The van der Waals surface area contributed by atoms with Crippen molar-refractivity contribution in [2.24, 2.45) is 0 Å². The molecule has 0 saturated carbocycles. The van der Waals surface area contributed by atoms with E-state index in [-0.39, 0.29) is 0 Å². The summed E-state index contributed by atoms with van der Waals surface area (Å²) in [6, 6.07) is 3.15. The molecule has 0 saturated heterocycles. The van der Waals surface area contributed by atoms with Crippen LogP contribution in [0.15, 0.2) is 18.7 Å². The van der Waals surface area contributed by atoms with Crippen LogP contribution >= 0.6 is 23.2 Å². The Morgan fingerprint density at radius 1 is 1.47 bits per heavy atom. The number of carbonyl (C=O) groups excluding carboxylic acids is 1. The molecule has 0 aromatic heterocycles. The van der Waals surface area contributed by atoms with Crippen molar-refractivity contribution in [3.05, 3.63) is 34.3 Å². The third-order valence-electron chi connectivity index (χ3n) is 1.73. The molecule has 0 aliphatic rings. The van der Waals surface area contributed by atoms with E-state index in [2.05, 4.69) is 16.6 Å². The summed E-state index contributed by atoms with van der Waals surface area (Å²) in [7, 11) is 1.28. The van der Waals surface area contributed by atoms with Gasteiger partial charge in [-0.25, -0.2) is 4.79 Å². The molecule has 0 fully saturated rings. The molecule has 0 spiro atoms. The van der Waals surface area contributed by atoms with E-state index in [0.717, 1.165) is 0 Å². The maximum absolute atomic E-state index is 11.0. The number of nitrogens with one attached hydrogen (secondary N) is 1. The topological polar surface area (TPSA) is 38.3 Å². The van der Waals surface area contributed by atoms with Crippen LogP contribution in [0.25, 0.3) is 6.08 Å². The van der Waals surface area contributed by atoms with Crippen LogP contribution in [0.2, 0.25) is 10.0 Å². The van der Waals surface area contributed by atoms with E-state index < -0.39 is 6.09 Å². The van der Waals surface area contributed by atoms with Crippen molar-refractivity contribution in [1.82, 2.24) is 0 Å². The third kappa shape index (κ3) is 2.88. The van der Waals surface area contributed by atoms with Gasteiger partial charge in [0.05, 0.1) is 22.8 Å². The molecule has 15 heavy (non-hydrogen) atoms. The molecule has 0 aliphatic heterocycles. The van der Waals surface area contributed by atoms with E-state index in [1.807, 2.05) is 0 Å². The monoisotopic (exact) mass is 245 g/mol. The van der Waals surface area contributed by atoms with Gasteiger partial charge in [-0.2, -0.15) is 0 Å². The van der Waals surface area contributed by atoms with Crippen LogP contribution in [0, 0.1) is 0 Å². The molecule has 0 atom stereocenters. The van der Waals surface area contributed by atoms with Gasteiger partial charge in [-0.3, -0.25) is 5.32 Å². The molecule has 0 heterocycles. The lowest BCUT2D eigenvalue weighted by Gasteiger charge is -2.08. The second-order valence-electron chi connectivity index (χ2n) is 2.67. The molecule has 1 aromatic rings. The van der Waals surface area contributed by atoms with Crippen LogP contribution in [0.3, 0.4) is 0 Å². The summed E-state index contributed by atoms with van der Waals surface area (Å²) in [6.45, 7) is 3.60. The second kappa shape index (κ2) is 5.05. The minimum absolute atomic E-state index is 0.355. The van der Waals surface area contributed by atoms with E-state index >= 15 is 0 Å². The number of ether oxygens (including phenoxy) is 1. The molecule has 1 amide bonds. The molecule has 0 bridgehead atoms. The predicted molar refractivity (Wildman–Crippen MR) is 62.6 cm³/mol. The molecule has 0 unspecified atom stereocenters. The Bertz CT molecular complexity index is 405. The molecule has 0 aliphatic carbocycles. The predicted octanol–water partition coefficient (Wildman–Crippen LogP) is 3.81. The number of amides is 1. The summed E-state index contributed by atoms with van der Waals surface area (Å²) in [5.41, 5.74) is 1.18. The maximum atomic E-state index is 11.0. The summed E-state index contributed by atoms with van der Waals surface area (Å²) < 4.78 is 4.46. The molecular weight excluding hydrogens is 237 g/mol. The Hall–Kier alpha value is -1.19. The van der Waals surface area contributed by atoms with E-state index in [4.69, 9.17) is 23.2 Å². The second-order valence-corrected chi connectivity index (χ2v) is 3.49. The summed E-state index contributed by atoms with van der Waals surface area (Å²) in [5.74, 6) is 0. The molecule has 1 rings (SSSR count). The van der Waals surface area contributed by atoms with Gasteiger partial charge in [0.15, 0.2) is 0 Å². The van der Waals surface area contributed by atoms with Crippen molar-refractivity contribution < 1.29 is 9.53 Å². The fourth-order valence-corrected chi connectivity index (χ4v) is 1.34. The smallest absolute Gasteiger partial charge is 0.411 e.